The van der Waals surface area contributed by atoms with E-state index in [0.717, 1.165) is 0 Å². The molecule has 0 aliphatic carbocycles. The van der Waals surface area contributed by atoms with Gasteiger partial charge in [0.1, 0.15) is 0 Å². The Kier molecular flexibility index (Phi) is 1.63. The average Bonchev–Trinajstić information content (AvgIpc) is 2.55. The van der Waals surface area contributed by atoms with Gasteiger partial charge in [-0.2, -0.15) is 0 Å². The van der Waals surface area contributed by atoms with E-state index in [4.69, 9.17) is 0 Å². The van der Waals surface area contributed by atoms with Crippen LogP contribution < -0.4 is 0 Å². The molecule has 15 heavy (non-hydrogen) atoms. The van der Waals surface area contributed by atoms with Crippen LogP contribution in [-0.2, 0) is 0 Å². The zero-order chi connectivity index (χ0) is 10.4. The number of nitrogens with one attached hydrogen (secondary N) is 1. The van der Waals surface area contributed by atoms with Crippen molar-refractivity contribution in [2.24, 2.45) is 0 Å². The number of aryl methyl sites for hydroxylation is 2. The zero-order valence-corrected chi connectivity index (χ0v) is 8.96. The highest BCUT2D eigenvalue weighted by atomic mass is 14.7. The molecule has 0 atom stereocenters. The molecule has 1 aromatic heterocycles. The SMILES string of the molecule is Cc1[nH]c2ccc3ccccc3c2c1C. The van der Waals surface area contributed by atoms with E-state index in [2.05, 4.69) is 55.2 Å². The van der Waals surface area contributed by atoms with E-state index < -0.39 is 0 Å². The highest BCUT2D eigenvalue weighted by Gasteiger charge is 2.06. The summed E-state index contributed by atoms with van der Waals surface area (Å²) in [6.45, 7) is 4.31. The topological polar surface area (TPSA) is 15.8 Å². The van der Waals surface area contributed by atoms with Gasteiger partial charge in [-0.3, -0.25) is 0 Å². The fourth-order valence-corrected chi connectivity index (χ4v) is 2.26. The summed E-state index contributed by atoms with van der Waals surface area (Å²) >= 11 is 0. The van der Waals surface area contributed by atoms with Crippen LogP contribution in [0.5, 0.6) is 0 Å². The first-order valence-electron chi connectivity index (χ1n) is 5.24. The monoisotopic (exact) mass is 195 g/mol. The first-order chi connectivity index (χ1) is 7.27. The normalized spacial score (nSPS) is 11.3. The van der Waals surface area contributed by atoms with Gasteiger partial charge in [-0.1, -0.05) is 30.3 Å². The van der Waals surface area contributed by atoms with Crippen molar-refractivity contribution in [2.45, 2.75) is 13.8 Å². The molecule has 3 rings (SSSR count). The second-order valence-corrected chi connectivity index (χ2v) is 4.08. The predicted octanol–water partition coefficient (Wildman–Crippen LogP) is 3.94. The molecule has 2 aromatic carbocycles. The van der Waals surface area contributed by atoms with E-state index in [-0.39, 0.29) is 0 Å². The molecular formula is C14H13N. The Hall–Kier alpha value is -1.76. The molecule has 1 heterocycles. The lowest BCUT2D eigenvalue weighted by Gasteiger charge is -2.00. The van der Waals surface area contributed by atoms with Crippen molar-refractivity contribution in [1.82, 2.24) is 4.98 Å². The number of hydrogen-bond acceptors (Lipinski definition) is 0. The largest absolute Gasteiger partial charge is 0.358 e. The van der Waals surface area contributed by atoms with Crippen LogP contribution in [0.4, 0.5) is 0 Å². The van der Waals surface area contributed by atoms with Crippen LogP contribution in [0.15, 0.2) is 36.4 Å². The minimum absolute atomic E-state index is 1.24. The first kappa shape index (κ1) is 8.54. The van der Waals surface area contributed by atoms with Crippen molar-refractivity contribution in [2.75, 3.05) is 0 Å². The van der Waals surface area contributed by atoms with Gasteiger partial charge in [0.25, 0.3) is 0 Å². The van der Waals surface area contributed by atoms with Gasteiger partial charge in [-0.25, -0.2) is 0 Å². The molecular weight excluding hydrogens is 182 g/mol. The van der Waals surface area contributed by atoms with Gasteiger partial charge in [-0.05, 0) is 36.2 Å². The van der Waals surface area contributed by atoms with E-state index in [9.17, 15) is 0 Å². The van der Waals surface area contributed by atoms with Crippen molar-refractivity contribution in [3.63, 3.8) is 0 Å². The molecule has 0 radical (unpaired) electrons. The Bertz CT molecular complexity index is 647. The number of H-pyrrole nitrogens is 1. The zero-order valence-electron chi connectivity index (χ0n) is 8.96. The van der Waals surface area contributed by atoms with Gasteiger partial charge in [-0.15, -0.1) is 0 Å². The minimum atomic E-state index is 1.24. The van der Waals surface area contributed by atoms with Crippen LogP contribution in [0.2, 0.25) is 0 Å². The maximum absolute atomic E-state index is 3.42. The average molecular weight is 195 g/mol. The molecule has 0 saturated heterocycles. The molecule has 0 saturated carbocycles. The van der Waals surface area contributed by atoms with Crippen molar-refractivity contribution in [3.8, 4) is 0 Å². The number of rotatable bonds is 0. The van der Waals surface area contributed by atoms with Crippen LogP contribution in [-0.4, -0.2) is 4.98 Å². The summed E-state index contributed by atoms with van der Waals surface area (Å²) in [4.78, 5) is 3.42. The molecule has 0 aliphatic heterocycles. The fourth-order valence-electron chi connectivity index (χ4n) is 2.26. The molecule has 0 spiro atoms. The van der Waals surface area contributed by atoms with Gasteiger partial charge in [0.05, 0.1) is 0 Å². The third-order valence-corrected chi connectivity index (χ3v) is 3.19. The van der Waals surface area contributed by atoms with Gasteiger partial charge < -0.3 is 4.98 Å². The van der Waals surface area contributed by atoms with Crippen LogP contribution in [0.1, 0.15) is 11.3 Å². The van der Waals surface area contributed by atoms with E-state index in [1.165, 1.54) is 32.9 Å². The van der Waals surface area contributed by atoms with E-state index in [1.807, 2.05) is 0 Å². The lowest BCUT2D eigenvalue weighted by molar-refractivity contribution is 1.25. The fraction of sp³-hybridized carbons (Fsp3) is 0.143. The molecule has 0 bridgehead atoms. The molecule has 1 nitrogen and oxygen atoms in total. The maximum atomic E-state index is 3.42. The summed E-state index contributed by atoms with van der Waals surface area (Å²) in [6.07, 6.45) is 0. The summed E-state index contributed by atoms with van der Waals surface area (Å²) in [5.41, 5.74) is 3.87. The molecule has 0 amide bonds. The predicted molar refractivity (Wildman–Crippen MR) is 65.3 cm³/mol. The summed E-state index contributed by atoms with van der Waals surface area (Å²) in [5, 5.41) is 4.02. The summed E-state index contributed by atoms with van der Waals surface area (Å²) in [5.74, 6) is 0. The molecule has 74 valence electrons. The standard InChI is InChI=1S/C14H13N/c1-9-10(2)15-13-8-7-11-5-3-4-6-12(11)14(9)13/h3-8,15H,1-2H3. The second kappa shape index (κ2) is 2.86. The lowest BCUT2D eigenvalue weighted by atomic mass is 10.0. The lowest BCUT2D eigenvalue weighted by Crippen LogP contribution is -1.75. The third kappa shape index (κ3) is 1.09. The van der Waals surface area contributed by atoms with Gasteiger partial charge in [0.15, 0.2) is 0 Å². The second-order valence-electron chi connectivity index (χ2n) is 4.08. The highest BCUT2D eigenvalue weighted by Crippen LogP contribution is 2.29. The Balaban J connectivity index is 2.63. The van der Waals surface area contributed by atoms with Crippen molar-refractivity contribution in [1.29, 1.82) is 0 Å². The van der Waals surface area contributed by atoms with Crippen LogP contribution in [0, 0.1) is 13.8 Å². The summed E-state index contributed by atoms with van der Waals surface area (Å²) in [6, 6.07) is 12.9. The van der Waals surface area contributed by atoms with Crippen LogP contribution in [0.25, 0.3) is 21.7 Å². The maximum Gasteiger partial charge on any atom is 0.0465 e. The molecule has 0 unspecified atom stereocenters. The minimum Gasteiger partial charge on any atom is -0.358 e. The van der Waals surface area contributed by atoms with E-state index in [0.29, 0.717) is 0 Å². The molecule has 0 fully saturated rings. The molecule has 0 aliphatic rings. The van der Waals surface area contributed by atoms with Crippen molar-refractivity contribution < 1.29 is 0 Å². The highest BCUT2D eigenvalue weighted by molar-refractivity contribution is 6.08. The smallest absolute Gasteiger partial charge is 0.0465 e. The van der Waals surface area contributed by atoms with Crippen molar-refractivity contribution in [3.05, 3.63) is 47.7 Å². The Morgan fingerprint density at radius 1 is 0.933 bits per heavy atom. The van der Waals surface area contributed by atoms with Crippen LogP contribution >= 0.6 is 0 Å². The Morgan fingerprint density at radius 2 is 1.73 bits per heavy atom. The van der Waals surface area contributed by atoms with E-state index in [1.54, 1.807) is 0 Å². The van der Waals surface area contributed by atoms with Gasteiger partial charge >= 0.3 is 0 Å². The van der Waals surface area contributed by atoms with Crippen molar-refractivity contribution >= 4 is 21.7 Å². The van der Waals surface area contributed by atoms with Gasteiger partial charge in [0.2, 0.25) is 0 Å². The number of aromatic nitrogens is 1. The molecule has 1 heteroatoms. The number of aromatic amines is 1. The third-order valence-electron chi connectivity index (χ3n) is 3.19. The summed E-state index contributed by atoms with van der Waals surface area (Å²) in [7, 11) is 0. The number of benzene rings is 2. The van der Waals surface area contributed by atoms with Gasteiger partial charge in [0, 0.05) is 16.6 Å². The first-order valence-corrected chi connectivity index (χ1v) is 5.24. The Labute approximate surface area is 88.7 Å². The quantitative estimate of drug-likeness (QED) is 0.559. The summed E-state index contributed by atoms with van der Waals surface area (Å²) < 4.78 is 0. The number of fused-ring (bicyclic) bond motifs is 3. The molecule has 3 aromatic rings. The Morgan fingerprint density at radius 3 is 2.60 bits per heavy atom. The molecule has 1 N–H and O–H groups in total. The number of hydrogen-bond donors (Lipinski definition) is 1. The van der Waals surface area contributed by atoms with E-state index >= 15 is 0 Å². The van der Waals surface area contributed by atoms with Crippen LogP contribution in [0.3, 0.4) is 0 Å².